The van der Waals surface area contributed by atoms with Gasteiger partial charge in [-0.25, -0.2) is 0 Å². The average molecular weight is 253 g/mol. The summed E-state index contributed by atoms with van der Waals surface area (Å²) in [5, 5.41) is 0.841. The Balaban J connectivity index is 2.14. The first-order valence-electron chi connectivity index (χ1n) is 6.27. The molecule has 1 aliphatic heterocycles. The van der Waals surface area contributed by atoms with E-state index >= 15 is 0 Å². The lowest BCUT2D eigenvalue weighted by Gasteiger charge is -2.21. The molecule has 3 heteroatoms. The van der Waals surface area contributed by atoms with Crippen LogP contribution < -0.4 is 5.73 Å². The number of nitrogens with zero attached hydrogens (tertiary/aromatic N) is 1. The number of likely N-dealkylation sites (tertiary alicyclic amines) is 1. The second-order valence-corrected chi connectivity index (χ2v) is 5.92. The van der Waals surface area contributed by atoms with Crippen molar-refractivity contribution in [1.82, 2.24) is 4.90 Å². The molecule has 94 valence electrons. The molecule has 0 radical (unpaired) electrons. The molecule has 2 nitrogen and oxygen atoms in total. The van der Waals surface area contributed by atoms with Crippen LogP contribution >= 0.6 is 11.6 Å². The lowest BCUT2D eigenvalue weighted by atomic mass is 9.95. The summed E-state index contributed by atoms with van der Waals surface area (Å²) in [4.78, 5) is 2.45. The highest BCUT2D eigenvalue weighted by atomic mass is 35.5. The van der Waals surface area contributed by atoms with Crippen LogP contribution in [-0.2, 0) is 12.1 Å². The van der Waals surface area contributed by atoms with Gasteiger partial charge in [-0.1, -0.05) is 23.7 Å². The number of rotatable bonds is 3. The van der Waals surface area contributed by atoms with Gasteiger partial charge in [0.15, 0.2) is 0 Å². The van der Waals surface area contributed by atoms with Crippen LogP contribution in [0.2, 0.25) is 5.02 Å². The molecule has 0 spiro atoms. The summed E-state index contributed by atoms with van der Waals surface area (Å²) < 4.78 is 0. The third kappa shape index (κ3) is 3.21. The van der Waals surface area contributed by atoms with E-state index in [1.54, 1.807) is 0 Å². The van der Waals surface area contributed by atoms with Crippen molar-refractivity contribution in [3.05, 3.63) is 34.3 Å². The molecule has 0 atom stereocenters. The minimum atomic E-state index is -0.324. The Hall–Kier alpha value is -0.570. The first-order chi connectivity index (χ1) is 7.97. The van der Waals surface area contributed by atoms with Gasteiger partial charge in [0, 0.05) is 17.1 Å². The molecular formula is C14H21ClN2. The molecule has 0 bridgehead atoms. The van der Waals surface area contributed by atoms with Crippen molar-refractivity contribution < 1.29 is 0 Å². The van der Waals surface area contributed by atoms with E-state index in [9.17, 15) is 0 Å². The minimum absolute atomic E-state index is 0.324. The Kier molecular flexibility index (Phi) is 3.76. The summed E-state index contributed by atoms with van der Waals surface area (Å²) in [6.07, 6.45) is 2.62. The SMILES string of the molecule is CC(C)(N)c1ccc(CN2CCCC2)c(Cl)c1. The molecule has 0 aromatic heterocycles. The number of hydrogen-bond donors (Lipinski definition) is 1. The monoisotopic (exact) mass is 252 g/mol. The second kappa shape index (κ2) is 4.97. The Morgan fingerprint density at radius 3 is 2.47 bits per heavy atom. The van der Waals surface area contributed by atoms with Crippen molar-refractivity contribution in [2.24, 2.45) is 5.73 Å². The van der Waals surface area contributed by atoms with Gasteiger partial charge < -0.3 is 5.73 Å². The molecule has 1 saturated heterocycles. The average Bonchev–Trinajstić information content (AvgIpc) is 2.72. The Bertz CT molecular complexity index is 390. The van der Waals surface area contributed by atoms with Crippen molar-refractivity contribution in [2.45, 2.75) is 38.8 Å². The fraction of sp³-hybridized carbons (Fsp3) is 0.571. The summed E-state index contributed by atoms with van der Waals surface area (Å²) in [6, 6.07) is 6.22. The van der Waals surface area contributed by atoms with Gasteiger partial charge in [0.1, 0.15) is 0 Å². The standard InChI is InChI=1S/C14H21ClN2/c1-14(2,16)12-6-5-11(13(15)9-12)10-17-7-3-4-8-17/h5-6,9H,3-4,7-8,10,16H2,1-2H3. The molecule has 2 rings (SSSR count). The van der Waals surface area contributed by atoms with Crippen molar-refractivity contribution in [2.75, 3.05) is 13.1 Å². The fourth-order valence-corrected chi connectivity index (χ4v) is 2.50. The van der Waals surface area contributed by atoms with Crippen LogP contribution in [0.15, 0.2) is 18.2 Å². The highest BCUT2D eigenvalue weighted by Gasteiger charge is 2.17. The van der Waals surface area contributed by atoms with Crippen LogP contribution in [0.4, 0.5) is 0 Å². The molecule has 17 heavy (non-hydrogen) atoms. The molecule has 1 aromatic carbocycles. The maximum Gasteiger partial charge on any atom is 0.0454 e. The van der Waals surface area contributed by atoms with Crippen LogP contribution in [0.5, 0.6) is 0 Å². The quantitative estimate of drug-likeness (QED) is 0.896. The summed E-state index contributed by atoms with van der Waals surface area (Å²) in [5.41, 5.74) is 8.05. The second-order valence-electron chi connectivity index (χ2n) is 5.51. The molecular weight excluding hydrogens is 232 g/mol. The van der Waals surface area contributed by atoms with Crippen molar-refractivity contribution in [3.63, 3.8) is 0 Å². The minimum Gasteiger partial charge on any atom is -0.322 e. The topological polar surface area (TPSA) is 29.3 Å². The largest absolute Gasteiger partial charge is 0.322 e. The van der Waals surface area contributed by atoms with E-state index in [-0.39, 0.29) is 5.54 Å². The molecule has 1 heterocycles. The lowest BCUT2D eigenvalue weighted by Crippen LogP contribution is -2.28. The number of benzene rings is 1. The summed E-state index contributed by atoms with van der Waals surface area (Å²) in [5.74, 6) is 0. The molecule has 1 fully saturated rings. The number of nitrogens with two attached hydrogens (primary N) is 1. The predicted molar refractivity (Wildman–Crippen MR) is 73.2 cm³/mol. The highest BCUT2D eigenvalue weighted by molar-refractivity contribution is 6.31. The van der Waals surface area contributed by atoms with Gasteiger partial charge in [0.05, 0.1) is 0 Å². The van der Waals surface area contributed by atoms with Crippen LogP contribution in [0.1, 0.15) is 37.8 Å². The maximum absolute atomic E-state index is 6.33. The Morgan fingerprint density at radius 2 is 1.94 bits per heavy atom. The van der Waals surface area contributed by atoms with Gasteiger partial charge in [0.2, 0.25) is 0 Å². The first-order valence-corrected chi connectivity index (χ1v) is 6.65. The van der Waals surface area contributed by atoms with Crippen LogP contribution in [0, 0.1) is 0 Å². The van der Waals surface area contributed by atoms with E-state index in [0.717, 1.165) is 17.1 Å². The number of hydrogen-bond acceptors (Lipinski definition) is 2. The molecule has 1 aromatic rings. The summed E-state index contributed by atoms with van der Waals surface area (Å²) >= 11 is 6.33. The molecule has 0 unspecified atom stereocenters. The summed E-state index contributed by atoms with van der Waals surface area (Å²) in [6.45, 7) is 7.35. The smallest absolute Gasteiger partial charge is 0.0454 e. The van der Waals surface area contributed by atoms with Crippen LogP contribution in [-0.4, -0.2) is 18.0 Å². The van der Waals surface area contributed by atoms with Crippen LogP contribution in [0.25, 0.3) is 0 Å². The molecule has 0 saturated carbocycles. The van der Waals surface area contributed by atoms with E-state index in [0.29, 0.717) is 0 Å². The fourth-order valence-electron chi connectivity index (χ4n) is 2.26. The van der Waals surface area contributed by atoms with E-state index < -0.39 is 0 Å². The van der Waals surface area contributed by atoms with Gasteiger partial charge in [0.25, 0.3) is 0 Å². The van der Waals surface area contributed by atoms with E-state index in [2.05, 4.69) is 17.0 Å². The third-order valence-electron chi connectivity index (χ3n) is 3.39. The number of halogens is 1. The van der Waals surface area contributed by atoms with E-state index in [1.165, 1.54) is 31.5 Å². The zero-order valence-corrected chi connectivity index (χ0v) is 11.4. The van der Waals surface area contributed by atoms with Crippen molar-refractivity contribution in [3.8, 4) is 0 Å². The zero-order valence-electron chi connectivity index (χ0n) is 10.7. The maximum atomic E-state index is 6.33. The molecule has 1 aliphatic rings. The van der Waals surface area contributed by atoms with E-state index in [4.69, 9.17) is 17.3 Å². The van der Waals surface area contributed by atoms with Crippen LogP contribution in [0.3, 0.4) is 0 Å². The summed E-state index contributed by atoms with van der Waals surface area (Å²) in [7, 11) is 0. The first kappa shape index (κ1) is 12.9. The van der Waals surface area contributed by atoms with E-state index in [1.807, 2.05) is 19.9 Å². The molecule has 2 N–H and O–H groups in total. The Morgan fingerprint density at radius 1 is 1.29 bits per heavy atom. The van der Waals surface area contributed by atoms with Gasteiger partial charge in [-0.3, -0.25) is 4.90 Å². The van der Waals surface area contributed by atoms with Gasteiger partial charge in [-0.2, -0.15) is 0 Å². The van der Waals surface area contributed by atoms with Crippen molar-refractivity contribution >= 4 is 11.6 Å². The highest BCUT2D eigenvalue weighted by Crippen LogP contribution is 2.25. The normalized spacial score (nSPS) is 17.6. The van der Waals surface area contributed by atoms with Gasteiger partial charge in [-0.15, -0.1) is 0 Å². The van der Waals surface area contributed by atoms with Gasteiger partial charge >= 0.3 is 0 Å². The third-order valence-corrected chi connectivity index (χ3v) is 3.74. The molecule has 0 amide bonds. The predicted octanol–water partition coefficient (Wildman–Crippen LogP) is 3.13. The lowest BCUT2D eigenvalue weighted by molar-refractivity contribution is 0.331. The zero-order chi connectivity index (χ0) is 12.5. The van der Waals surface area contributed by atoms with Crippen molar-refractivity contribution in [1.29, 1.82) is 0 Å². The molecule has 0 aliphatic carbocycles. The van der Waals surface area contributed by atoms with Gasteiger partial charge in [-0.05, 0) is 57.0 Å². The Labute approximate surface area is 109 Å².